The number of amides is 1. The van der Waals surface area contributed by atoms with Crippen molar-refractivity contribution in [2.75, 3.05) is 7.11 Å². The van der Waals surface area contributed by atoms with E-state index in [1.54, 1.807) is 18.4 Å². The highest BCUT2D eigenvalue weighted by molar-refractivity contribution is 7.13. The van der Waals surface area contributed by atoms with Gasteiger partial charge in [-0.2, -0.15) is 0 Å². The Hall–Kier alpha value is -2.60. The molecule has 0 fully saturated rings. The van der Waals surface area contributed by atoms with E-state index in [0.717, 1.165) is 64.6 Å². The Balaban J connectivity index is 1.92. The van der Waals surface area contributed by atoms with Crippen LogP contribution in [0, 0.1) is 6.92 Å². The van der Waals surface area contributed by atoms with Crippen molar-refractivity contribution in [3.05, 3.63) is 47.0 Å². The molecule has 3 aromatic rings. The summed E-state index contributed by atoms with van der Waals surface area (Å²) >= 11 is 1.61. The van der Waals surface area contributed by atoms with Crippen molar-refractivity contribution in [2.45, 2.75) is 72.4 Å². The summed E-state index contributed by atoms with van der Waals surface area (Å²) in [4.78, 5) is 18.1. The average Bonchev–Trinajstić information content (AvgIpc) is 3.41. The van der Waals surface area contributed by atoms with Crippen LogP contribution in [0.3, 0.4) is 0 Å². The molecule has 0 saturated carbocycles. The lowest BCUT2D eigenvalue weighted by Crippen LogP contribution is -2.34. The van der Waals surface area contributed by atoms with Gasteiger partial charge in [0, 0.05) is 28.7 Å². The Kier molecular flexibility index (Phi) is 8.13. The van der Waals surface area contributed by atoms with Crippen LogP contribution < -0.4 is 10.1 Å². The first kappa shape index (κ1) is 24.1. The molecule has 0 spiro atoms. The average molecular weight is 454 g/mol. The summed E-state index contributed by atoms with van der Waals surface area (Å²) in [5.41, 5.74) is 4.66. The Labute approximate surface area is 195 Å². The largest absolute Gasteiger partial charge is 0.497 e. The van der Waals surface area contributed by atoms with E-state index in [0.29, 0.717) is 0 Å². The van der Waals surface area contributed by atoms with Gasteiger partial charge in [0.05, 0.1) is 24.1 Å². The van der Waals surface area contributed by atoms with Gasteiger partial charge in [0.25, 0.3) is 5.91 Å². The Morgan fingerprint density at radius 2 is 1.94 bits per heavy atom. The topological polar surface area (TPSA) is 56.1 Å². The SMILES string of the molecule is CCCCC(CC)NC(=O)c1cc(-c2csc(-c3ccc(OC)cc3)n2)n(C(C)C)c1C. The number of hydrogen-bond donors (Lipinski definition) is 1. The fourth-order valence-electron chi connectivity index (χ4n) is 4.06. The molecule has 0 radical (unpaired) electrons. The lowest BCUT2D eigenvalue weighted by Gasteiger charge is -2.17. The van der Waals surface area contributed by atoms with Crippen LogP contribution in [0.4, 0.5) is 0 Å². The Morgan fingerprint density at radius 1 is 1.22 bits per heavy atom. The minimum Gasteiger partial charge on any atom is -0.497 e. The molecule has 172 valence electrons. The first-order valence-corrected chi connectivity index (χ1v) is 12.4. The van der Waals surface area contributed by atoms with Crippen LogP contribution in [0.1, 0.15) is 75.5 Å². The van der Waals surface area contributed by atoms with Crippen molar-refractivity contribution < 1.29 is 9.53 Å². The van der Waals surface area contributed by atoms with Gasteiger partial charge < -0.3 is 14.6 Å². The molecule has 5 nitrogen and oxygen atoms in total. The fourth-order valence-corrected chi connectivity index (χ4v) is 4.88. The van der Waals surface area contributed by atoms with Crippen LogP contribution >= 0.6 is 11.3 Å². The lowest BCUT2D eigenvalue weighted by atomic mass is 10.1. The normalized spacial score (nSPS) is 12.2. The van der Waals surface area contributed by atoms with Gasteiger partial charge in [0.15, 0.2) is 0 Å². The quantitative estimate of drug-likeness (QED) is 0.364. The molecule has 32 heavy (non-hydrogen) atoms. The van der Waals surface area contributed by atoms with Crippen molar-refractivity contribution in [3.8, 4) is 27.7 Å². The molecule has 0 bridgehead atoms. The van der Waals surface area contributed by atoms with Gasteiger partial charge in [0.2, 0.25) is 0 Å². The number of rotatable bonds is 10. The number of nitrogens with one attached hydrogen (secondary N) is 1. The zero-order chi connectivity index (χ0) is 23.3. The highest BCUT2D eigenvalue weighted by Crippen LogP contribution is 2.33. The molecule has 0 saturated heterocycles. The van der Waals surface area contributed by atoms with Gasteiger partial charge in [-0.3, -0.25) is 4.79 Å². The van der Waals surface area contributed by atoms with Crippen LogP contribution in [0.25, 0.3) is 22.0 Å². The van der Waals surface area contributed by atoms with E-state index in [1.807, 2.05) is 37.3 Å². The number of thiazole rings is 1. The van der Waals surface area contributed by atoms with Crippen LogP contribution in [0.15, 0.2) is 35.7 Å². The molecule has 1 aromatic carbocycles. The third-order valence-corrected chi connectivity index (χ3v) is 6.78. The molecular weight excluding hydrogens is 418 g/mol. The lowest BCUT2D eigenvalue weighted by molar-refractivity contribution is 0.0932. The maximum Gasteiger partial charge on any atom is 0.253 e. The van der Waals surface area contributed by atoms with E-state index >= 15 is 0 Å². The minimum atomic E-state index is 0.0108. The molecule has 3 rings (SSSR count). The molecule has 1 atom stereocenters. The van der Waals surface area contributed by atoms with E-state index in [9.17, 15) is 4.79 Å². The molecule has 0 aliphatic heterocycles. The summed E-state index contributed by atoms with van der Waals surface area (Å²) in [7, 11) is 1.67. The van der Waals surface area contributed by atoms with Crippen molar-refractivity contribution in [2.24, 2.45) is 0 Å². The molecule has 1 amide bonds. The molecule has 6 heteroatoms. The van der Waals surface area contributed by atoms with Crippen molar-refractivity contribution in [1.82, 2.24) is 14.9 Å². The van der Waals surface area contributed by atoms with Crippen molar-refractivity contribution in [3.63, 3.8) is 0 Å². The molecule has 2 heterocycles. The summed E-state index contributed by atoms with van der Waals surface area (Å²) in [6, 6.07) is 10.4. The van der Waals surface area contributed by atoms with Crippen LogP contribution in [0.2, 0.25) is 0 Å². The predicted octanol–water partition coefficient (Wildman–Crippen LogP) is 6.88. The second kappa shape index (κ2) is 10.8. The number of benzene rings is 1. The zero-order valence-corrected chi connectivity index (χ0v) is 20.9. The van der Waals surface area contributed by atoms with Gasteiger partial charge >= 0.3 is 0 Å². The van der Waals surface area contributed by atoms with Gasteiger partial charge in [-0.1, -0.05) is 26.7 Å². The van der Waals surface area contributed by atoms with E-state index in [1.165, 1.54) is 0 Å². The Morgan fingerprint density at radius 3 is 2.53 bits per heavy atom. The summed E-state index contributed by atoms with van der Waals surface area (Å²) in [6.07, 6.45) is 4.23. The van der Waals surface area contributed by atoms with Crippen molar-refractivity contribution >= 4 is 17.2 Å². The van der Waals surface area contributed by atoms with Crippen LogP contribution in [0.5, 0.6) is 5.75 Å². The monoisotopic (exact) mass is 453 g/mol. The molecule has 1 N–H and O–H groups in total. The smallest absolute Gasteiger partial charge is 0.253 e. The maximum atomic E-state index is 13.2. The van der Waals surface area contributed by atoms with Crippen molar-refractivity contribution in [1.29, 1.82) is 0 Å². The number of aromatic nitrogens is 2. The number of nitrogens with zero attached hydrogens (tertiary/aromatic N) is 2. The van der Waals surface area contributed by atoms with Gasteiger partial charge in [0.1, 0.15) is 10.8 Å². The van der Waals surface area contributed by atoms with E-state index in [2.05, 4.69) is 43.0 Å². The van der Waals surface area contributed by atoms with Crippen LogP contribution in [-0.4, -0.2) is 28.6 Å². The van der Waals surface area contributed by atoms with E-state index in [4.69, 9.17) is 9.72 Å². The molecule has 2 aromatic heterocycles. The molecule has 0 aliphatic rings. The van der Waals surface area contributed by atoms with E-state index < -0.39 is 0 Å². The summed E-state index contributed by atoms with van der Waals surface area (Å²) < 4.78 is 7.48. The zero-order valence-electron chi connectivity index (χ0n) is 20.1. The van der Waals surface area contributed by atoms with Gasteiger partial charge in [-0.15, -0.1) is 11.3 Å². The van der Waals surface area contributed by atoms with Gasteiger partial charge in [-0.05, 0) is 63.9 Å². The third-order valence-electron chi connectivity index (χ3n) is 5.89. The first-order chi connectivity index (χ1) is 15.4. The molecule has 0 aliphatic carbocycles. The van der Waals surface area contributed by atoms with Gasteiger partial charge in [-0.25, -0.2) is 4.98 Å². The standard InChI is InChI=1S/C26H35N3O2S/c1-7-9-10-20(8-2)27-25(30)22-15-24(29(17(3)4)18(22)5)23-16-32-26(28-23)19-11-13-21(31-6)14-12-19/h11-17,20H,7-10H2,1-6H3,(H,27,30). The molecular formula is C26H35N3O2S. The Bertz CT molecular complexity index is 1030. The summed E-state index contributed by atoms with van der Waals surface area (Å²) in [5.74, 6) is 0.839. The number of carbonyl (C=O) groups excluding carboxylic acids is 1. The second-order valence-electron chi connectivity index (χ2n) is 8.48. The molecule has 1 unspecified atom stereocenters. The highest BCUT2D eigenvalue weighted by atomic mass is 32.1. The first-order valence-electron chi connectivity index (χ1n) is 11.5. The number of carbonyl (C=O) groups is 1. The minimum absolute atomic E-state index is 0.0108. The number of hydrogen-bond acceptors (Lipinski definition) is 4. The third kappa shape index (κ3) is 5.23. The highest BCUT2D eigenvalue weighted by Gasteiger charge is 2.23. The number of methoxy groups -OCH3 is 1. The second-order valence-corrected chi connectivity index (χ2v) is 9.34. The van der Waals surface area contributed by atoms with E-state index in [-0.39, 0.29) is 18.0 Å². The summed E-state index contributed by atoms with van der Waals surface area (Å²) in [6.45, 7) is 10.6. The fraction of sp³-hybridized carbons (Fsp3) is 0.462. The number of unbranched alkanes of at least 4 members (excludes halogenated alkanes) is 1. The van der Waals surface area contributed by atoms with Crippen LogP contribution in [-0.2, 0) is 0 Å². The summed E-state index contributed by atoms with van der Waals surface area (Å²) in [5, 5.41) is 6.28. The number of ether oxygens (including phenoxy) is 1. The maximum absolute atomic E-state index is 13.2. The predicted molar refractivity (Wildman–Crippen MR) is 134 cm³/mol.